The van der Waals surface area contributed by atoms with E-state index in [0.29, 0.717) is 0 Å². The monoisotopic (exact) mass is 287 g/mol. The van der Waals surface area contributed by atoms with Gasteiger partial charge in [0.2, 0.25) is 0 Å². The second-order valence-electron chi connectivity index (χ2n) is 4.84. The molecule has 5 heteroatoms. The highest BCUT2D eigenvalue weighted by Gasteiger charge is 2.25. The molecule has 0 aromatic heterocycles. The summed E-state index contributed by atoms with van der Waals surface area (Å²) in [6.45, 7) is 0. The summed E-state index contributed by atoms with van der Waals surface area (Å²) in [6.07, 6.45) is 4.72. The Hall–Kier alpha value is -1.16. The Labute approximate surface area is 116 Å². The molecule has 0 saturated heterocycles. The number of nitrogens with one attached hydrogen (secondary N) is 1. The minimum Gasteiger partial charge on any atom is -0.348 e. The molecule has 2 unspecified atom stereocenters. The number of hydrogen-bond donors (Lipinski definition) is 1. The third kappa shape index (κ3) is 3.44. The van der Waals surface area contributed by atoms with Crippen LogP contribution in [0.4, 0.5) is 8.78 Å². The molecule has 1 aliphatic carbocycles. The van der Waals surface area contributed by atoms with Crippen LogP contribution in [0.25, 0.3) is 0 Å². The smallest absolute Gasteiger partial charge is 0.254 e. The molecule has 104 valence electrons. The molecule has 1 aliphatic rings. The summed E-state index contributed by atoms with van der Waals surface area (Å²) in [5, 5.41) is 2.57. The van der Waals surface area contributed by atoms with Gasteiger partial charge in [0.05, 0.1) is 10.9 Å². The van der Waals surface area contributed by atoms with Crippen LogP contribution in [0.15, 0.2) is 18.2 Å². The van der Waals surface area contributed by atoms with Crippen molar-refractivity contribution in [2.45, 2.75) is 43.5 Å². The van der Waals surface area contributed by atoms with E-state index in [1.54, 1.807) is 0 Å². The summed E-state index contributed by atoms with van der Waals surface area (Å²) in [5.74, 6) is -2.73. The molecular formula is C14H16ClF2NO. The lowest BCUT2D eigenvalue weighted by molar-refractivity contribution is 0.0929. The van der Waals surface area contributed by atoms with Crippen LogP contribution < -0.4 is 5.32 Å². The molecule has 1 N–H and O–H groups in total. The van der Waals surface area contributed by atoms with Gasteiger partial charge in [-0.25, -0.2) is 8.78 Å². The van der Waals surface area contributed by atoms with E-state index in [2.05, 4.69) is 5.32 Å². The summed E-state index contributed by atoms with van der Waals surface area (Å²) < 4.78 is 26.6. The predicted molar refractivity (Wildman–Crippen MR) is 70.3 cm³/mol. The van der Waals surface area contributed by atoms with Crippen molar-refractivity contribution in [1.82, 2.24) is 5.32 Å². The fourth-order valence-corrected chi connectivity index (χ4v) is 2.69. The first-order chi connectivity index (χ1) is 9.09. The molecular weight excluding hydrogens is 272 g/mol. The van der Waals surface area contributed by atoms with E-state index in [-0.39, 0.29) is 17.0 Å². The Bertz CT molecular complexity index is 467. The molecule has 1 fully saturated rings. The number of rotatable bonds is 2. The van der Waals surface area contributed by atoms with Crippen molar-refractivity contribution in [3.8, 4) is 0 Å². The molecule has 1 amide bonds. The van der Waals surface area contributed by atoms with Crippen LogP contribution in [0.2, 0.25) is 0 Å². The van der Waals surface area contributed by atoms with E-state index >= 15 is 0 Å². The minimum absolute atomic E-state index is 0.150. The first-order valence-corrected chi connectivity index (χ1v) is 6.92. The standard InChI is InChI=1S/C14H16ClF2NO/c15-10-6-2-1-3-8-12(10)18-14(19)9-5-4-7-11(16)13(9)17/h4-5,7,10,12H,1-3,6,8H2,(H,18,19). The molecule has 2 atom stereocenters. The van der Waals surface area contributed by atoms with E-state index in [1.165, 1.54) is 12.1 Å². The van der Waals surface area contributed by atoms with Crippen molar-refractivity contribution in [3.05, 3.63) is 35.4 Å². The predicted octanol–water partition coefficient (Wildman–Crippen LogP) is 3.63. The van der Waals surface area contributed by atoms with Crippen molar-refractivity contribution >= 4 is 17.5 Å². The molecule has 0 heterocycles. The van der Waals surface area contributed by atoms with Crippen LogP contribution in [-0.4, -0.2) is 17.3 Å². The summed E-state index contributed by atoms with van der Waals surface area (Å²) in [7, 11) is 0. The van der Waals surface area contributed by atoms with Crippen molar-refractivity contribution in [1.29, 1.82) is 0 Å². The molecule has 1 aromatic rings. The number of amides is 1. The fourth-order valence-electron chi connectivity index (χ4n) is 2.35. The lowest BCUT2D eigenvalue weighted by atomic mass is 10.1. The summed E-state index contributed by atoms with van der Waals surface area (Å²) in [6, 6.07) is 3.40. The molecule has 0 radical (unpaired) electrons. The zero-order valence-corrected chi connectivity index (χ0v) is 11.2. The third-order valence-electron chi connectivity index (χ3n) is 3.44. The minimum atomic E-state index is -1.11. The van der Waals surface area contributed by atoms with E-state index < -0.39 is 17.5 Å². The molecule has 0 spiro atoms. The highest BCUT2D eigenvalue weighted by atomic mass is 35.5. The molecule has 19 heavy (non-hydrogen) atoms. The number of carbonyl (C=O) groups excluding carboxylic acids is 1. The van der Waals surface area contributed by atoms with E-state index in [1.807, 2.05) is 0 Å². The number of alkyl halides is 1. The zero-order valence-electron chi connectivity index (χ0n) is 10.5. The van der Waals surface area contributed by atoms with Crippen molar-refractivity contribution in [2.24, 2.45) is 0 Å². The largest absolute Gasteiger partial charge is 0.348 e. The second-order valence-corrected chi connectivity index (χ2v) is 5.40. The van der Waals surface area contributed by atoms with Gasteiger partial charge in [0, 0.05) is 6.04 Å². The number of halogens is 3. The zero-order chi connectivity index (χ0) is 13.8. The first-order valence-electron chi connectivity index (χ1n) is 6.48. The van der Waals surface area contributed by atoms with Crippen LogP contribution in [0.5, 0.6) is 0 Å². The quantitative estimate of drug-likeness (QED) is 0.653. The third-order valence-corrected chi connectivity index (χ3v) is 3.97. The number of benzene rings is 1. The van der Waals surface area contributed by atoms with Gasteiger partial charge in [-0.2, -0.15) is 0 Å². The van der Waals surface area contributed by atoms with Gasteiger partial charge < -0.3 is 5.32 Å². The van der Waals surface area contributed by atoms with Gasteiger partial charge in [-0.1, -0.05) is 25.3 Å². The average molecular weight is 288 g/mol. The van der Waals surface area contributed by atoms with Gasteiger partial charge in [0.1, 0.15) is 0 Å². The van der Waals surface area contributed by atoms with Crippen LogP contribution in [-0.2, 0) is 0 Å². The molecule has 2 rings (SSSR count). The Morgan fingerprint density at radius 3 is 2.74 bits per heavy atom. The molecule has 0 bridgehead atoms. The Morgan fingerprint density at radius 2 is 1.95 bits per heavy atom. The Morgan fingerprint density at radius 1 is 1.21 bits per heavy atom. The topological polar surface area (TPSA) is 29.1 Å². The summed E-state index contributed by atoms with van der Waals surface area (Å²) >= 11 is 6.21. The van der Waals surface area contributed by atoms with Gasteiger partial charge in [-0.15, -0.1) is 11.6 Å². The molecule has 0 aliphatic heterocycles. The van der Waals surface area contributed by atoms with Gasteiger partial charge in [-0.05, 0) is 25.0 Å². The second kappa shape index (κ2) is 6.33. The highest BCUT2D eigenvalue weighted by molar-refractivity contribution is 6.21. The summed E-state index contributed by atoms with van der Waals surface area (Å²) in [4.78, 5) is 12.0. The van der Waals surface area contributed by atoms with Crippen molar-refractivity contribution < 1.29 is 13.6 Å². The maximum absolute atomic E-state index is 13.5. The number of hydrogen-bond acceptors (Lipinski definition) is 1. The lowest BCUT2D eigenvalue weighted by Gasteiger charge is -2.21. The normalized spacial score (nSPS) is 23.7. The van der Waals surface area contributed by atoms with Crippen LogP contribution in [0, 0.1) is 11.6 Å². The molecule has 2 nitrogen and oxygen atoms in total. The highest BCUT2D eigenvalue weighted by Crippen LogP contribution is 2.23. The van der Waals surface area contributed by atoms with Gasteiger partial charge in [0.25, 0.3) is 5.91 Å². The Kier molecular flexibility index (Phi) is 4.75. The van der Waals surface area contributed by atoms with Crippen LogP contribution in [0.1, 0.15) is 42.5 Å². The Balaban J connectivity index is 2.09. The van der Waals surface area contributed by atoms with E-state index in [9.17, 15) is 13.6 Å². The van der Waals surface area contributed by atoms with E-state index in [0.717, 1.165) is 38.2 Å². The fraction of sp³-hybridized carbons (Fsp3) is 0.500. The van der Waals surface area contributed by atoms with Crippen LogP contribution in [0.3, 0.4) is 0 Å². The van der Waals surface area contributed by atoms with Crippen molar-refractivity contribution in [3.63, 3.8) is 0 Å². The van der Waals surface area contributed by atoms with Crippen molar-refractivity contribution in [2.75, 3.05) is 0 Å². The SMILES string of the molecule is O=C(NC1CCCCCC1Cl)c1cccc(F)c1F. The van der Waals surface area contributed by atoms with Gasteiger partial charge >= 0.3 is 0 Å². The first kappa shape index (κ1) is 14.3. The molecule has 1 aromatic carbocycles. The number of carbonyl (C=O) groups is 1. The summed E-state index contributed by atoms with van der Waals surface area (Å²) in [5.41, 5.74) is -0.270. The average Bonchev–Trinajstić information content (AvgIpc) is 2.58. The van der Waals surface area contributed by atoms with E-state index in [4.69, 9.17) is 11.6 Å². The van der Waals surface area contributed by atoms with Gasteiger partial charge in [0.15, 0.2) is 11.6 Å². The maximum atomic E-state index is 13.5. The van der Waals surface area contributed by atoms with Crippen LogP contribution >= 0.6 is 11.6 Å². The van der Waals surface area contributed by atoms with Gasteiger partial charge in [-0.3, -0.25) is 4.79 Å². The maximum Gasteiger partial charge on any atom is 0.254 e. The lowest BCUT2D eigenvalue weighted by Crippen LogP contribution is -2.40. The molecule has 1 saturated carbocycles.